The van der Waals surface area contributed by atoms with Gasteiger partial charge in [-0.25, -0.2) is 0 Å². The monoisotopic (exact) mass is 365 g/mol. The van der Waals surface area contributed by atoms with Crippen LogP contribution in [0.3, 0.4) is 0 Å². The number of benzene rings is 4. The second-order valence-electron chi connectivity index (χ2n) is 6.72. The van der Waals surface area contributed by atoms with Crippen LogP contribution < -0.4 is 4.90 Å². The molecule has 0 fully saturated rings. The van der Waals surface area contributed by atoms with Crippen molar-refractivity contribution in [2.45, 2.75) is 0 Å². The number of hydrogen-bond donors (Lipinski definition) is 0. The molecule has 0 radical (unpaired) electrons. The fourth-order valence-corrected chi connectivity index (χ4v) is 4.83. The van der Waals surface area contributed by atoms with E-state index in [9.17, 15) is 0 Å². The van der Waals surface area contributed by atoms with Crippen LogP contribution in [0.5, 0.6) is 0 Å². The van der Waals surface area contributed by atoms with Crippen molar-refractivity contribution in [2.24, 2.45) is 0 Å². The number of fused-ring (bicyclic) bond motifs is 3. The zero-order valence-corrected chi connectivity index (χ0v) is 15.9. The van der Waals surface area contributed by atoms with Crippen molar-refractivity contribution in [2.75, 3.05) is 11.9 Å². The molecule has 0 spiro atoms. The topological polar surface area (TPSA) is 3.24 Å². The molecule has 0 N–H and O–H groups in total. The molecule has 1 nitrogen and oxygen atoms in total. The highest BCUT2D eigenvalue weighted by atomic mass is 32.1. The average Bonchev–Trinajstić information content (AvgIpc) is 3.11. The SMILES string of the molecule is CN(c1ccc2c(c1)sc1ccccc12)c1ccccc1-c1ccccc1. The Bertz CT molecular complexity index is 1240. The zero-order chi connectivity index (χ0) is 18.2. The molecule has 0 unspecified atom stereocenters. The highest BCUT2D eigenvalue weighted by molar-refractivity contribution is 7.25. The van der Waals surface area contributed by atoms with E-state index in [1.54, 1.807) is 0 Å². The minimum Gasteiger partial charge on any atom is -0.344 e. The third-order valence-corrected chi connectivity index (χ3v) is 6.23. The minimum atomic E-state index is 1.21. The Balaban J connectivity index is 1.62. The molecule has 0 aliphatic rings. The van der Waals surface area contributed by atoms with Crippen molar-refractivity contribution in [1.29, 1.82) is 0 Å². The fraction of sp³-hybridized carbons (Fsp3) is 0.0400. The summed E-state index contributed by atoms with van der Waals surface area (Å²) in [6, 6.07) is 34.6. The van der Waals surface area contributed by atoms with Gasteiger partial charge in [-0.1, -0.05) is 72.8 Å². The molecule has 1 heterocycles. The maximum atomic E-state index is 2.31. The van der Waals surface area contributed by atoms with Gasteiger partial charge < -0.3 is 4.90 Å². The first kappa shape index (κ1) is 16.1. The first-order valence-corrected chi connectivity index (χ1v) is 9.92. The van der Waals surface area contributed by atoms with Crippen LogP contribution in [0.25, 0.3) is 31.3 Å². The van der Waals surface area contributed by atoms with Gasteiger partial charge in [0.2, 0.25) is 0 Å². The van der Waals surface area contributed by atoms with E-state index in [0.717, 1.165) is 0 Å². The van der Waals surface area contributed by atoms with Crippen molar-refractivity contribution in [3.63, 3.8) is 0 Å². The first-order chi connectivity index (χ1) is 13.3. The number of nitrogens with zero attached hydrogens (tertiary/aromatic N) is 1. The molecule has 5 rings (SSSR count). The smallest absolute Gasteiger partial charge is 0.0487 e. The molecule has 4 aromatic carbocycles. The molecule has 0 aliphatic heterocycles. The Morgan fingerprint density at radius 1 is 0.630 bits per heavy atom. The molecule has 130 valence electrons. The lowest BCUT2D eigenvalue weighted by Gasteiger charge is -2.23. The summed E-state index contributed by atoms with van der Waals surface area (Å²) in [6.45, 7) is 0. The van der Waals surface area contributed by atoms with E-state index in [2.05, 4.69) is 109 Å². The molecule has 5 aromatic rings. The normalized spacial score (nSPS) is 11.1. The third kappa shape index (κ3) is 2.79. The van der Waals surface area contributed by atoms with Gasteiger partial charge in [0, 0.05) is 44.2 Å². The summed E-state index contributed by atoms with van der Waals surface area (Å²) >= 11 is 1.86. The number of hydrogen-bond acceptors (Lipinski definition) is 2. The van der Waals surface area contributed by atoms with Crippen molar-refractivity contribution in [3.8, 4) is 11.1 Å². The van der Waals surface area contributed by atoms with E-state index in [0.29, 0.717) is 0 Å². The minimum absolute atomic E-state index is 1.21. The van der Waals surface area contributed by atoms with Crippen LogP contribution in [0.2, 0.25) is 0 Å². The highest BCUT2D eigenvalue weighted by Crippen LogP contribution is 2.39. The second kappa shape index (κ2) is 6.57. The Morgan fingerprint density at radius 3 is 2.22 bits per heavy atom. The maximum Gasteiger partial charge on any atom is 0.0487 e. The summed E-state index contributed by atoms with van der Waals surface area (Å²) in [5, 5.41) is 2.68. The van der Waals surface area contributed by atoms with Crippen LogP contribution in [0.4, 0.5) is 11.4 Å². The lowest BCUT2D eigenvalue weighted by Crippen LogP contribution is -2.10. The summed E-state index contributed by atoms with van der Waals surface area (Å²) in [6.07, 6.45) is 0. The fourth-order valence-electron chi connectivity index (χ4n) is 3.69. The Labute approximate surface area is 163 Å². The average molecular weight is 366 g/mol. The van der Waals surface area contributed by atoms with Crippen LogP contribution in [-0.4, -0.2) is 7.05 Å². The maximum absolute atomic E-state index is 2.31. The lowest BCUT2D eigenvalue weighted by atomic mass is 10.0. The molecule has 0 atom stereocenters. The molecule has 0 aliphatic carbocycles. The predicted molar refractivity (Wildman–Crippen MR) is 119 cm³/mol. The van der Waals surface area contributed by atoms with Gasteiger partial charge in [0.05, 0.1) is 0 Å². The van der Waals surface area contributed by atoms with Crippen LogP contribution in [-0.2, 0) is 0 Å². The predicted octanol–water partition coefficient (Wildman–Crippen LogP) is 7.49. The van der Waals surface area contributed by atoms with E-state index in [1.165, 1.54) is 42.7 Å². The largest absolute Gasteiger partial charge is 0.344 e. The summed E-state index contributed by atoms with van der Waals surface area (Å²) in [4.78, 5) is 2.28. The van der Waals surface area contributed by atoms with Gasteiger partial charge in [-0.3, -0.25) is 0 Å². The van der Waals surface area contributed by atoms with Crippen LogP contribution in [0.1, 0.15) is 0 Å². The number of thiophene rings is 1. The van der Waals surface area contributed by atoms with Crippen LogP contribution in [0, 0.1) is 0 Å². The standard InChI is InChI=1S/C25H19NS/c1-26(23-13-7-5-11-20(23)18-9-3-2-4-10-18)19-15-16-22-21-12-6-8-14-24(21)27-25(22)17-19/h2-17H,1H3. The highest BCUT2D eigenvalue weighted by Gasteiger charge is 2.12. The molecule has 2 heteroatoms. The first-order valence-electron chi connectivity index (χ1n) is 9.11. The summed E-state index contributed by atoms with van der Waals surface area (Å²) < 4.78 is 2.68. The van der Waals surface area contributed by atoms with E-state index >= 15 is 0 Å². The zero-order valence-electron chi connectivity index (χ0n) is 15.1. The Hall–Kier alpha value is -3.10. The number of anilines is 2. The molecular formula is C25H19NS. The number of rotatable bonds is 3. The number of para-hydroxylation sites is 1. The van der Waals surface area contributed by atoms with E-state index in [4.69, 9.17) is 0 Å². The second-order valence-corrected chi connectivity index (χ2v) is 7.80. The molecule has 1 aromatic heterocycles. The summed E-state index contributed by atoms with van der Waals surface area (Å²) in [7, 11) is 2.15. The molecule has 0 amide bonds. The van der Waals surface area contributed by atoms with Crippen LogP contribution in [0.15, 0.2) is 97.1 Å². The summed E-state index contributed by atoms with van der Waals surface area (Å²) in [5.74, 6) is 0. The van der Waals surface area contributed by atoms with Gasteiger partial charge in [-0.15, -0.1) is 11.3 Å². The van der Waals surface area contributed by atoms with E-state index in [-0.39, 0.29) is 0 Å². The van der Waals surface area contributed by atoms with Crippen molar-refractivity contribution in [3.05, 3.63) is 97.1 Å². The summed E-state index contributed by atoms with van der Waals surface area (Å²) in [5.41, 5.74) is 4.90. The molecule has 0 saturated carbocycles. The molecule has 27 heavy (non-hydrogen) atoms. The molecule has 0 saturated heterocycles. The lowest BCUT2D eigenvalue weighted by molar-refractivity contribution is 1.22. The van der Waals surface area contributed by atoms with Gasteiger partial charge in [0.1, 0.15) is 0 Å². The van der Waals surface area contributed by atoms with Gasteiger partial charge >= 0.3 is 0 Å². The Kier molecular flexibility index (Phi) is 3.92. The van der Waals surface area contributed by atoms with Crippen molar-refractivity contribution >= 4 is 42.9 Å². The van der Waals surface area contributed by atoms with Crippen molar-refractivity contribution in [1.82, 2.24) is 0 Å². The molecule has 0 bridgehead atoms. The Morgan fingerprint density at radius 2 is 1.33 bits per heavy atom. The van der Waals surface area contributed by atoms with E-state index < -0.39 is 0 Å². The van der Waals surface area contributed by atoms with Gasteiger partial charge in [-0.05, 0) is 29.8 Å². The third-order valence-electron chi connectivity index (χ3n) is 5.10. The van der Waals surface area contributed by atoms with Gasteiger partial charge in [-0.2, -0.15) is 0 Å². The molecular weight excluding hydrogens is 346 g/mol. The quantitative estimate of drug-likeness (QED) is 0.320. The van der Waals surface area contributed by atoms with Gasteiger partial charge in [0.15, 0.2) is 0 Å². The van der Waals surface area contributed by atoms with Gasteiger partial charge in [0.25, 0.3) is 0 Å². The van der Waals surface area contributed by atoms with E-state index in [1.807, 2.05) is 11.3 Å². The van der Waals surface area contributed by atoms with Crippen molar-refractivity contribution < 1.29 is 0 Å². The van der Waals surface area contributed by atoms with Crippen LogP contribution >= 0.6 is 11.3 Å².